The molecule has 1 aromatic carbocycles. The second-order valence-corrected chi connectivity index (χ2v) is 6.11. The summed E-state index contributed by atoms with van der Waals surface area (Å²) in [7, 11) is 0. The highest BCUT2D eigenvalue weighted by molar-refractivity contribution is 8.00. The van der Waals surface area contributed by atoms with Crippen LogP contribution in [0.3, 0.4) is 0 Å². The van der Waals surface area contributed by atoms with Crippen molar-refractivity contribution in [1.82, 2.24) is 9.97 Å². The topological polar surface area (TPSA) is 75.6 Å². The van der Waals surface area contributed by atoms with E-state index < -0.39 is 0 Å². The fraction of sp³-hybridized carbons (Fsp3) is 0.0714. The summed E-state index contributed by atoms with van der Waals surface area (Å²) in [5.74, 6) is 0.233. The van der Waals surface area contributed by atoms with Crippen molar-refractivity contribution in [3.63, 3.8) is 0 Å². The lowest BCUT2D eigenvalue weighted by molar-refractivity contribution is 1.24. The fourth-order valence-electron chi connectivity index (χ4n) is 2.02. The lowest BCUT2D eigenvalue weighted by Gasteiger charge is -2.07. The number of thioether (sulfide) groups is 1. The molecule has 0 aliphatic rings. The van der Waals surface area contributed by atoms with E-state index in [-0.39, 0.29) is 5.82 Å². The molecule has 0 aliphatic carbocycles. The number of nitrogens with two attached hydrogens (primary N) is 1. The van der Waals surface area contributed by atoms with E-state index in [2.05, 4.69) is 16.0 Å². The summed E-state index contributed by atoms with van der Waals surface area (Å²) in [6.07, 6.45) is 1.97. The van der Waals surface area contributed by atoms with E-state index in [1.807, 2.05) is 36.6 Å². The average molecular weight is 298 g/mol. The molecule has 0 radical (unpaired) electrons. The van der Waals surface area contributed by atoms with Gasteiger partial charge in [-0.3, -0.25) is 0 Å². The Balaban J connectivity index is 2.43. The molecule has 2 aromatic heterocycles. The Kier molecular flexibility index (Phi) is 3.30. The summed E-state index contributed by atoms with van der Waals surface area (Å²) in [6, 6.07) is 11.9. The number of pyridine rings is 1. The fourth-order valence-corrected chi connectivity index (χ4v) is 3.60. The standard InChI is InChI=1S/C14H10N4S2/c1-19-14-18-13-11(20-14)10(8-5-3-2-4-6-8)9(7-15)12(16)17-13/h2-6H,1H3,(H2,16,17). The highest BCUT2D eigenvalue weighted by Gasteiger charge is 2.18. The van der Waals surface area contributed by atoms with Crippen LogP contribution < -0.4 is 5.73 Å². The SMILES string of the molecule is CSc1nc2nc(N)c(C#N)c(-c3ccccc3)c2s1. The van der Waals surface area contributed by atoms with Crippen LogP contribution >= 0.6 is 23.1 Å². The Labute approximate surface area is 124 Å². The van der Waals surface area contributed by atoms with Crippen LogP contribution in [0.4, 0.5) is 5.82 Å². The molecule has 3 rings (SSSR count). The minimum Gasteiger partial charge on any atom is -0.383 e. The molecule has 0 saturated heterocycles. The minimum absolute atomic E-state index is 0.233. The van der Waals surface area contributed by atoms with Gasteiger partial charge in [0, 0.05) is 5.56 Å². The van der Waals surface area contributed by atoms with E-state index in [0.717, 1.165) is 20.2 Å². The van der Waals surface area contributed by atoms with Crippen molar-refractivity contribution in [3.05, 3.63) is 35.9 Å². The van der Waals surface area contributed by atoms with Crippen LogP contribution in [0.5, 0.6) is 0 Å². The van der Waals surface area contributed by atoms with Crippen molar-refractivity contribution < 1.29 is 0 Å². The summed E-state index contributed by atoms with van der Waals surface area (Å²) in [6.45, 7) is 0. The van der Waals surface area contributed by atoms with E-state index in [4.69, 9.17) is 5.73 Å². The molecule has 4 nitrogen and oxygen atoms in total. The van der Waals surface area contributed by atoms with Gasteiger partial charge in [-0.25, -0.2) is 9.97 Å². The number of hydrogen-bond acceptors (Lipinski definition) is 6. The molecule has 3 aromatic rings. The molecule has 6 heteroatoms. The van der Waals surface area contributed by atoms with Gasteiger partial charge in [0.15, 0.2) is 9.99 Å². The quantitative estimate of drug-likeness (QED) is 0.732. The second kappa shape index (κ2) is 5.12. The van der Waals surface area contributed by atoms with Crippen LogP contribution in [0.2, 0.25) is 0 Å². The van der Waals surface area contributed by atoms with Crippen LogP contribution in [0.15, 0.2) is 34.7 Å². The first-order valence-corrected chi connectivity index (χ1v) is 7.88. The highest BCUT2D eigenvalue weighted by Crippen LogP contribution is 2.38. The normalized spacial score (nSPS) is 10.6. The van der Waals surface area contributed by atoms with E-state index >= 15 is 0 Å². The molecule has 2 N–H and O–H groups in total. The number of nitrogen functional groups attached to an aromatic ring is 1. The number of hydrogen-bond donors (Lipinski definition) is 1. The monoisotopic (exact) mass is 298 g/mol. The van der Waals surface area contributed by atoms with Crippen LogP contribution in [0.25, 0.3) is 21.5 Å². The zero-order valence-electron chi connectivity index (χ0n) is 10.6. The summed E-state index contributed by atoms with van der Waals surface area (Å²) in [5.41, 5.74) is 8.72. The van der Waals surface area contributed by atoms with Gasteiger partial charge in [0.2, 0.25) is 0 Å². The molecule has 0 amide bonds. The first-order chi connectivity index (χ1) is 9.74. The van der Waals surface area contributed by atoms with Crippen molar-refractivity contribution in [2.24, 2.45) is 0 Å². The third kappa shape index (κ3) is 2.01. The van der Waals surface area contributed by atoms with Crippen molar-refractivity contribution in [1.29, 1.82) is 5.26 Å². The number of nitrogens with zero attached hydrogens (tertiary/aromatic N) is 3. The van der Waals surface area contributed by atoms with Crippen LogP contribution in [0, 0.1) is 11.3 Å². The summed E-state index contributed by atoms with van der Waals surface area (Å²) >= 11 is 3.10. The largest absolute Gasteiger partial charge is 0.383 e. The van der Waals surface area contributed by atoms with Crippen LogP contribution in [-0.4, -0.2) is 16.2 Å². The molecule has 0 unspecified atom stereocenters. The van der Waals surface area contributed by atoms with E-state index in [0.29, 0.717) is 11.2 Å². The molecule has 2 heterocycles. The van der Waals surface area contributed by atoms with Gasteiger partial charge >= 0.3 is 0 Å². The first-order valence-electron chi connectivity index (χ1n) is 5.84. The molecule has 98 valence electrons. The smallest absolute Gasteiger partial charge is 0.174 e. The molecule has 0 spiro atoms. The molecular formula is C14H10N4S2. The third-order valence-corrected chi connectivity index (χ3v) is 4.95. The van der Waals surface area contributed by atoms with Crippen molar-refractivity contribution in [2.45, 2.75) is 4.34 Å². The number of benzene rings is 1. The number of anilines is 1. The summed E-state index contributed by atoms with van der Waals surface area (Å²) in [4.78, 5) is 8.68. The molecule has 20 heavy (non-hydrogen) atoms. The Hall–Kier alpha value is -2.10. The maximum atomic E-state index is 9.39. The molecule has 0 aliphatic heterocycles. The Morgan fingerprint density at radius 1 is 1.25 bits per heavy atom. The lowest BCUT2D eigenvalue weighted by Crippen LogP contribution is -1.98. The van der Waals surface area contributed by atoms with Gasteiger partial charge < -0.3 is 5.73 Å². The van der Waals surface area contributed by atoms with E-state index in [1.54, 1.807) is 11.8 Å². The molecule has 0 fully saturated rings. The van der Waals surface area contributed by atoms with Gasteiger partial charge in [0.05, 0.1) is 4.70 Å². The van der Waals surface area contributed by atoms with Crippen molar-refractivity contribution >= 4 is 39.3 Å². The summed E-state index contributed by atoms with van der Waals surface area (Å²) in [5, 5.41) is 9.39. The van der Waals surface area contributed by atoms with Crippen LogP contribution in [-0.2, 0) is 0 Å². The molecular weight excluding hydrogens is 288 g/mol. The molecule has 0 saturated carbocycles. The second-order valence-electron chi connectivity index (χ2n) is 4.06. The lowest BCUT2D eigenvalue weighted by atomic mass is 10.0. The number of rotatable bonds is 2. The van der Waals surface area contributed by atoms with Gasteiger partial charge in [-0.05, 0) is 11.8 Å². The van der Waals surface area contributed by atoms with Gasteiger partial charge in [-0.2, -0.15) is 5.26 Å². The predicted octanol–water partition coefficient (Wildman–Crippen LogP) is 3.53. The van der Waals surface area contributed by atoms with Gasteiger partial charge in [-0.15, -0.1) is 11.3 Å². The zero-order valence-corrected chi connectivity index (χ0v) is 12.3. The Morgan fingerprint density at radius 2 is 2.00 bits per heavy atom. The molecule has 0 bridgehead atoms. The predicted molar refractivity (Wildman–Crippen MR) is 83.8 cm³/mol. The maximum absolute atomic E-state index is 9.39. The van der Waals surface area contributed by atoms with Crippen LogP contribution in [0.1, 0.15) is 5.56 Å². The molecule has 0 atom stereocenters. The van der Waals surface area contributed by atoms with E-state index in [1.165, 1.54) is 11.3 Å². The third-order valence-electron chi connectivity index (χ3n) is 2.90. The summed E-state index contributed by atoms with van der Waals surface area (Å²) < 4.78 is 1.82. The number of fused-ring (bicyclic) bond motifs is 1. The van der Waals surface area contributed by atoms with Gasteiger partial charge in [-0.1, -0.05) is 42.1 Å². The van der Waals surface area contributed by atoms with Gasteiger partial charge in [0.25, 0.3) is 0 Å². The Morgan fingerprint density at radius 3 is 2.65 bits per heavy atom. The number of nitriles is 1. The number of thiazole rings is 1. The maximum Gasteiger partial charge on any atom is 0.174 e. The van der Waals surface area contributed by atoms with Crippen molar-refractivity contribution in [2.75, 3.05) is 12.0 Å². The van der Waals surface area contributed by atoms with Crippen molar-refractivity contribution in [3.8, 4) is 17.2 Å². The highest BCUT2D eigenvalue weighted by atomic mass is 32.2. The number of aromatic nitrogens is 2. The Bertz CT molecular complexity index is 819. The first kappa shape index (κ1) is 12.9. The van der Waals surface area contributed by atoms with Gasteiger partial charge in [0.1, 0.15) is 17.5 Å². The van der Waals surface area contributed by atoms with E-state index in [9.17, 15) is 5.26 Å². The average Bonchev–Trinajstić information content (AvgIpc) is 2.89. The minimum atomic E-state index is 0.233. The zero-order chi connectivity index (χ0) is 14.1.